The third-order valence-corrected chi connectivity index (χ3v) is 2.90. The topological polar surface area (TPSA) is 74.5 Å². The van der Waals surface area contributed by atoms with Crippen LogP contribution in [-0.2, 0) is 0 Å². The number of nitro benzene ring substituents is 1. The molecule has 6 nitrogen and oxygen atoms in total. The number of aromatic nitrogens is 1. The molecule has 2 heterocycles. The predicted molar refractivity (Wildman–Crippen MR) is 64.1 cm³/mol. The Morgan fingerprint density at radius 3 is 2.94 bits per heavy atom. The zero-order chi connectivity index (χ0) is 12.7. The molecule has 0 saturated carbocycles. The maximum atomic E-state index is 11.1. The second-order valence-corrected chi connectivity index (χ2v) is 4.03. The molecule has 0 N–H and O–H groups in total. The van der Waals surface area contributed by atoms with Crippen LogP contribution in [0.2, 0.25) is 0 Å². The lowest BCUT2D eigenvalue weighted by molar-refractivity contribution is -0.383. The average molecular weight is 246 g/mol. The van der Waals surface area contributed by atoms with E-state index in [2.05, 4.69) is 4.98 Å². The minimum absolute atomic E-state index is 0.0575. The van der Waals surface area contributed by atoms with Gasteiger partial charge in [-0.1, -0.05) is 0 Å². The zero-order valence-electron chi connectivity index (χ0n) is 9.67. The van der Waals surface area contributed by atoms with Gasteiger partial charge in [0, 0.05) is 6.20 Å². The number of hydrogen-bond acceptors (Lipinski definition) is 5. The van der Waals surface area contributed by atoms with Gasteiger partial charge < -0.3 is 9.47 Å². The maximum Gasteiger partial charge on any atom is 0.299 e. The van der Waals surface area contributed by atoms with E-state index in [0.717, 1.165) is 5.56 Å². The van der Waals surface area contributed by atoms with Gasteiger partial charge in [-0.15, -0.1) is 0 Å². The van der Waals surface area contributed by atoms with Crippen molar-refractivity contribution in [2.24, 2.45) is 0 Å². The molecule has 1 aromatic carbocycles. The Morgan fingerprint density at radius 1 is 1.39 bits per heavy atom. The Kier molecular flexibility index (Phi) is 2.29. The van der Waals surface area contributed by atoms with Gasteiger partial charge in [0.2, 0.25) is 0 Å². The number of aryl methyl sites for hydroxylation is 1. The summed E-state index contributed by atoms with van der Waals surface area (Å²) in [6.07, 6.45) is 1.56. The fraction of sp³-hybridized carbons (Fsp3) is 0.250. The molecular formula is C12H10N2O4. The number of ether oxygens (including phenoxy) is 2. The molecule has 0 bridgehead atoms. The first-order chi connectivity index (χ1) is 8.68. The quantitative estimate of drug-likeness (QED) is 0.569. The van der Waals surface area contributed by atoms with E-state index >= 15 is 0 Å². The summed E-state index contributed by atoms with van der Waals surface area (Å²) in [5, 5.41) is 11.7. The van der Waals surface area contributed by atoms with Crippen LogP contribution in [0, 0.1) is 17.0 Å². The van der Waals surface area contributed by atoms with E-state index in [-0.39, 0.29) is 5.69 Å². The number of hydrogen-bond donors (Lipinski definition) is 0. The van der Waals surface area contributed by atoms with Crippen LogP contribution in [0.15, 0.2) is 18.3 Å². The minimum atomic E-state index is -0.451. The van der Waals surface area contributed by atoms with Crippen molar-refractivity contribution in [3.8, 4) is 11.5 Å². The summed E-state index contributed by atoms with van der Waals surface area (Å²) in [7, 11) is 0. The number of nitro groups is 1. The zero-order valence-corrected chi connectivity index (χ0v) is 9.67. The van der Waals surface area contributed by atoms with Crippen LogP contribution in [0.1, 0.15) is 5.56 Å². The number of fused-ring (bicyclic) bond motifs is 3. The summed E-state index contributed by atoms with van der Waals surface area (Å²) in [4.78, 5) is 14.7. The van der Waals surface area contributed by atoms with E-state index in [1.807, 2.05) is 6.92 Å². The second-order valence-electron chi connectivity index (χ2n) is 4.03. The highest BCUT2D eigenvalue weighted by Crippen LogP contribution is 2.43. The Hall–Kier alpha value is -2.37. The third-order valence-electron chi connectivity index (χ3n) is 2.90. The first-order valence-electron chi connectivity index (χ1n) is 5.51. The number of pyridine rings is 1. The van der Waals surface area contributed by atoms with Crippen LogP contribution in [0.3, 0.4) is 0 Å². The summed E-state index contributed by atoms with van der Waals surface area (Å²) >= 11 is 0. The van der Waals surface area contributed by atoms with Gasteiger partial charge in [0.15, 0.2) is 17.0 Å². The molecule has 0 spiro atoms. The lowest BCUT2D eigenvalue weighted by Gasteiger charge is -2.20. The van der Waals surface area contributed by atoms with Gasteiger partial charge in [-0.05, 0) is 18.6 Å². The highest BCUT2D eigenvalue weighted by atomic mass is 16.6. The molecule has 18 heavy (non-hydrogen) atoms. The largest absolute Gasteiger partial charge is 0.486 e. The molecule has 0 radical (unpaired) electrons. The Morgan fingerprint density at radius 2 is 2.17 bits per heavy atom. The first kappa shape index (κ1) is 10.8. The molecule has 2 aromatic rings. The van der Waals surface area contributed by atoms with E-state index in [1.165, 1.54) is 6.07 Å². The average Bonchev–Trinajstić information content (AvgIpc) is 2.37. The summed E-state index contributed by atoms with van der Waals surface area (Å²) in [5.41, 5.74) is 1.16. The lowest BCUT2D eigenvalue weighted by Crippen LogP contribution is -2.16. The predicted octanol–water partition coefficient (Wildman–Crippen LogP) is 2.22. The van der Waals surface area contributed by atoms with Gasteiger partial charge in [-0.25, -0.2) is 4.98 Å². The molecule has 0 fully saturated rings. The lowest BCUT2D eigenvalue weighted by atomic mass is 10.1. The van der Waals surface area contributed by atoms with Crippen molar-refractivity contribution in [2.45, 2.75) is 6.92 Å². The standard InChI is InChI=1S/C12H10N2O4/c1-7-2-3-13-11-8(14(15)16)6-9-12(10(7)11)18-5-4-17-9/h2-3,6H,4-5H2,1H3. The van der Waals surface area contributed by atoms with E-state index in [4.69, 9.17) is 9.47 Å². The molecule has 0 atom stereocenters. The molecule has 6 heteroatoms. The number of benzene rings is 1. The molecule has 0 amide bonds. The van der Waals surface area contributed by atoms with Crippen molar-refractivity contribution in [1.29, 1.82) is 0 Å². The molecule has 3 rings (SSSR count). The molecule has 0 aliphatic carbocycles. The molecule has 1 aliphatic heterocycles. The number of rotatable bonds is 1. The van der Waals surface area contributed by atoms with Crippen LogP contribution in [0.4, 0.5) is 5.69 Å². The Labute approximate surface area is 102 Å². The van der Waals surface area contributed by atoms with Crippen LogP contribution >= 0.6 is 0 Å². The second kappa shape index (κ2) is 3.83. The van der Waals surface area contributed by atoms with Gasteiger partial charge in [0.05, 0.1) is 16.4 Å². The Bertz CT molecular complexity index is 654. The van der Waals surface area contributed by atoms with Crippen LogP contribution < -0.4 is 9.47 Å². The van der Waals surface area contributed by atoms with Crippen molar-refractivity contribution < 1.29 is 14.4 Å². The highest BCUT2D eigenvalue weighted by molar-refractivity contribution is 5.97. The van der Waals surface area contributed by atoms with Gasteiger partial charge in [0.25, 0.3) is 5.69 Å². The summed E-state index contributed by atoms with van der Waals surface area (Å²) < 4.78 is 11.0. The molecule has 0 saturated heterocycles. The molecule has 1 aromatic heterocycles. The van der Waals surface area contributed by atoms with Crippen molar-refractivity contribution in [2.75, 3.05) is 13.2 Å². The summed E-state index contributed by atoms with van der Waals surface area (Å²) in [6, 6.07) is 3.17. The SMILES string of the molecule is Cc1ccnc2c([N+](=O)[O-])cc3c(c12)OCCO3. The number of non-ortho nitro benzene ring substituents is 1. The minimum Gasteiger partial charge on any atom is -0.486 e. The van der Waals surface area contributed by atoms with Gasteiger partial charge in [-0.3, -0.25) is 10.1 Å². The molecular weight excluding hydrogens is 236 g/mol. The van der Waals surface area contributed by atoms with Crippen LogP contribution in [-0.4, -0.2) is 23.1 Å². The molecule has 92 valence electrons. The molecule has 1 aliphatic rings. The van der Waals surface area contributed by atoms with Crippen molar-refractivity contribution >= 4 is 16.6 Å². The van der Waals surface area contributed by atoms with Gasteiger partial charge in [0.1, 0.15) is 13.2 Å². The fourth-order valence-corrected chi connectivity index (χ4v) is 2.11. The third kappa shape index (κ3) is 1.46. The highest BCUT2D eigenvalue weighted by Gasteiger charge is 2.25. The van der Waals surface area contributed by atoms with Gasteiger partial charge in [-0.2, -0.15) is 0 Å². The Balaban J connectivity index is 2.45. The summed E-state index contributed by atoms with van der Waals surface area (Å²) in [5.74, 6) is 0.962. The van der Waals surface area contributed by atoms with Crippen LogP contribution in [0.25, 0.3) is 10.9 Å². The van der Waals surface area contributed by atoms with E-state index in [9.17, 15) is 10.1 Å². The summed E-state index contributed by atoms with van der Waals surface area (Å²) in [6.45, 7) is 2.70. The normalized spacial score (nSPS) is 13.6. The van der Waals surface area contributed by atoms with Crippen molar-refractivity contribution in [1.82, 2.24) is 4.98 Å². The monoisotopic (exact) mass is 246 g/mol. The molecule has 0 unspecified atom stereocenters. The van der Waals surface area contributed by atoms with E-state index in [0.29, 0.717) is 35.6 Å². The fourth-order valence-electron chi connectivity index (χ4n) is 2.11. The van der Waals surface area contributed by atoms with Gasteiger partial charge >= 0.3 is 0 Å². The first-order valence-corrected chi connectivity index (χ1v) is 5.51. The van der Waals surface area contributed by atoms with Crippen LogP contribution in [0.5, 0.6) is 11.5 Å². The van der Waals surface area contributed by atoms with E-state index < -0.39 is 4.92 Å². The maximum absolute atomic E-state index is 11.1. The smallest absolute Gasteiger partial charge is 0.299 e. The van der Waals surface area contributed by atoms with E-state index in [1.54, 1.807) is 12.3 Å². The van der Waals surface area contributed by atoms with Crippen molar-refractivity contribution in [3.63, 3.8) is 0 Å². The van der Waals surface area contributed by atoms with Crippen molar-refractivity contribution in [3.05, 3.63) is 34.0 Å². The number of nitrogens with zero attached hydrogens (tertiary/aromatic N) is 2.